The maximum absolute atomic E-state index is 13.0. The Morgan fingerprint density at radius 3 is 2.33 bits per heavy atom. The third-order valence-corrected chi connectivity index (χ3v) is 4.84. The summed E-state index contributed by atoms with van der Waals surface area (Å²) >= 11 is 6.03. The van der Waals surface area contributed by atoms with Gasteiger partial charge in [-0.25, -0.2) is 0 Å². The van der Waals surface area contributed by atoms with Gasteiger partial charge in [-0.15, -0.1) is 0 Å². The van der Waals surface area contributed by atoms with Gasteiger partial charge in [0.25, 0.3) is 0 Å². The van der Waals surface area contributed by atoms with Gasteiger partial charge in [0.1, 0.15) is 6.04 Å². The highest BCUT2D eigenvalue weighted by Gasteiger charge is 2.26. The molecule has 0 aliphatic carbocycles. The molecule has 0 heterocycles. The second-order valence-corrected chi connectivity index (χ2v) is 7.24. The molecule has 5 heteroatoms. The Balaban J connectivity index is 2.20. The van der Waals surface area contributed by atoms with Crippen LogP contribution in [0.15, 0.2) is 54.6 Å². The van der Waals surface area contributed by atoms with E-state index in [1.165, 1.54) is 0 Å². The Kier molecular flexibility index (Phi) is 7.86. The predicted octanol–water partition coefficient (Wildman–Crippen LogP) is 4.21. The average molecular weight is 387 g/mol. The van der Waals surface area contributed by atoms with Crippen LogP contribution in [0.5, 0.6) is 0 Å². The Morgan fingerprint density at radius 1 is 1.04 bits per heavy atom. The van der Waals surface area contributed by atoms with Crippen LogP contribution in [0.4, 0.5) is 0 Å². The molecule has 0 spiro atoms. The zero-order valence-electron chi connectivity index (χ0n) is 16.1. The number of nitrogens with one attached hydrogen (secondary N) is 1. The number of halogens is 1. The molecule has 27 heavy (non-hydrogen) atoms. The van der Waals surface area contributed by atoms with Crippen molar-refractivity contribution in [1.82, 2.24) is 10.2 Å². The minimum absolute atomic E-state index is 0.0709. The molecular weight excluding hydrogens is 360 g/mol. The Hall–Kier alpha value is -2.33. The fraction of sp³-hybridized carbons (Fsp3) is 0.364. The smallest absolute Gasteiger partial charge is 0.242 e. The van der Waals surface area contributed by atoms with E-state index in [2.05, 4.69) is 5.32 Å². The summed E-state index contributed by atoms with van der Waals surface area (Å²) in [5.74, 6) is -0.243. The molecule has 0 fully saturated rings. The quantitative estimate of drug-likeness (QED) is 0.738. The van der Waals surface area contributed by atoms with Gasteiger partial charge in [-0.05, 0) is 43.5 Å². The third kappa shape index (κ3) is 6.40. The molecule has 2 rings (SSSR count). The summed E-state index contributed by atoms with van der Waals surface area (Å²) in [6.07, 6.45) is 1.04. The van der Waals surface area contributed by atoms with Crippen molar-refractivity contribution in [3.05, 3.63) is 70.7 Å². The number of carbonyl (C=O) groups excluding carboxylic acids is 2. The van der Waals surface area contributed by atoms with Crippen LogP contribution in [-0.2, 0) is 22.6 Å². The van der Waals surface area contributed by atoms with E-state index in [0.29, 0.717) is 11.6 Å². The summed E-state index contributed by atoms with van der Waals surface area (Å²) in [6.45, 7) is 6.13. The number of nitrogens with zero attached hydrogens (tertiary/aromatic N) is 1. The molecule has 0 radical (unpaired) electrons. The van der Waals surface area contributed by atoms with Gasteiger partial charge >= 0.3 is 0 Å². The first-order chi connectivity index (χ1) is 12.9. The van der Waals surface area contributed by atoms with Gasteiger partial charge in [0.2, 0.25) is 11.8 Å². The Morgan fingerprint density at radius 2 is 1.70 bits per heavy atom. The Bertz CT molecular complexity index is 764. The second-order valence-electron chi connectivity index (χ2n) is 6.81. The highest BCUT2D eigenvalue weighted by atomic mass is 35.5. The maximum Gasteiger partial charge on any atom is 0.242 e. The van der Waals surface area contributed by atoms with Gasteiger partial charge < -0.3 is 10.2 Å². The van der Waals surface area contributed by atoms with Crippen molar-refractivity contribution in [3.63, 3.8) is 0 Å². The van der Waals surface area contributed by atoms with E-state index in [0.717, 1.165) is 17.5 Å². The van der Waals surface area contributed by atoms with Crippen molar-refractivity contribution in [1.29, 1.82) is 0 Å². The minimum Gasteiger partial charge on any atom is -0.352 e. The van der Waals surface area contributed by atoms with Gasteiger partial charge in [-0.2, -0.15) is 0 Å². The zero-order valence-corrected chi connectivity index (χ0v) is 16.9. The van der Waals surface area contributed by atoms with Crippen molar-refractivity contribution in [2.45, 2.75) is 52.2 Å². The molecule has 0 saturated carbocycles. The molecule has 4 nitrogen and oxygen atoms in total. The van der Waals surface area contributed by atoms with Crippen molar-refractivity contribution in [3.8, 4) is 0 Å². The molecule has 144 valence electrons. The van der Waals surface area contributed by atoms with Crippen LogP contribution < -0.4 is 5.32 Å². The lowest BCUT2D eigenvalue weighted by Gasteiger charge is -2.29. The Labute approximate surface area is 166 Å². The van der Waals surface area contributed by atoms with E-state index >= 15 is 0 Å². The molecule has 2 aromatic rings. The van der Waals surface area contributed by atoms with Crippen LogP contribution >= 0.6 is 11.6 Å². The van der Waals surface area contributed by atoms with Gasteiger partial charge in [-0.3, -0.25) is 9.59 Å². The van der Waals surface area contributed by atoms with Crippen molar-refractivity contribution in [2.24, 2.45) is 0 Å². The summed E-state index contributed by atoms with van der Waals surface area (Å²) in [6, 6.07) is 16.5. The van der Waals surface area contributed by atoms with Crippen LogP contribution in [0, 0.1) is 0 Å². The normalized spacial score (nSPS) is 12.9. The van der Waals surface area contributed by atoms with E-state index in [4.69, 9.17) is 11.6 Å². The van der Waals surface area contributed by atoms with E-state index in [9.17, 15) is 9.59 Å². The number of rotatable bonds is 8. The molecule has 2 aromatic carbocycles. The number of benzene rings is 2. The summed E-state index contributed by atoms with van der Waals surface area (Å²) in [7, 11) is 0. The van der Waals surface area contributed by atoms with Crippen LogP contribution in [0.1, 0.15) is 38.3 Å². The van der Waals surface area contributed by atoms with Crippen LogP contribution in [0.3, 0.4) is 0 Å². The van der Waals surface area contributed by atoms with Gasteiger partial charge in [0, 0.05) is 17.6 Å². The van der Waals surface area contributed by atoms with Crippen LogP contribution in [0.2, 0.25) is 5.02 Å². The van der Waals surface area contributed by atoms with E-state index < -0.39 is 6.04 Å². The first-order valence-corrected chi connectivity index (χ1v) is 9.66. The van der Waals surface area contributed by atoms with Gasteiger partial charge in [-0.1, -0.05) is 61.0 Å². The molecule has 0 aliphatic heterocycles. The molecule has 2 atom stereocenters. The average Bonchev–Trinajstić information content (AvgIpc) is 2.66. The fourth-order valence-corrected chi connectivity index (χ4v) is 2.96. The van der Waals surface area contributed by atoms with Gasteiger partial charge in [0.15, 0.2) is 0 Å². The highest BCUT2D eigenvalue weighted by molar-refractivity contribution is 6.30. The largest absolute Gasteiger partial charge is 0.352 e. The van der Waals surface area contributed by atoms with E-state index in [1.54, 1.807) is 24.0 Å². The standard InChI is InChI=1S/C22H27ClN2O2/c1-4-16(2)24-22(27)17(3)25(15-18-9-6-5-7-10-18)21(26)14-19-11-8-12-20(23)13-19/h5-13,16-17H,4,14-15H2,1-3H3,(H,24,27)/t16-,17+/m0/s1. The first-order valence-electron chi connectivity index (χ1n) is 9.29. The number of carbonyl (C=O) groups is 2. The lowest BCUT2D eigenvalue weighted by atomic mass is 10.1. The maximum atomic E-state index is 13.0. The van der Waals surface area contributed by atoms with Crippen molar-refractivity contribution < 1.29 is 9.59 Å². The SMILES string of the molecule is CC[C@H](C)NC(=O)[C@@H](C)N(Cc1ccccc1)C(=O)Cc1cccc(Cl)c1. The molecular formula is C22H27ClN2O2. The fourth-order valence-electron chi connectivity index (χ4n) is 2.75. The molecule has 0 unspecified atom stereocenters. The molecule has 0 aromatic heterocycles. The molecule has 0 aliphatic rings. The molecule has 2 amide bonds. The number of amides is 2. The topological polar surface area (TPSA) is 49.4 Å². The number of hydrogen-bond acceptors (Lipinski definition) is 2. The van der Waals surface area contributed by atoms with Crippen molar-refractivity contribution in [2.75, 3.05) is 0 Å². The lowest BCUT2D eigenvalue weighted by Crippen LogP contribution is -2.49. The second kappa shape index (κ2) is 10.1. The van der Waals surface area contributed by atoms with Crippen LogP contribution in [-0.4, -0.2) is 28.8 Å². The summed E-state index contributed by atoms with van der Waals surface area (Å²) in [5, 5.41) is 3.56. The summed E-state index contributed by atoms with van der Waals surface area (Å²) in [5.41, 5.74) is 1.82. The predicted molar refractivity (Wildman–Crippen MR) is 110 cm³/mol. The zero-order chi connectivity index (χ0) is 19.8. The summed E-state index contributed by atoms with van der Waals surface area (Å²) < 4.78 is 0. The molecule has 1 N–H and O–H groups in total. The molecule has 0 bridgehead atoms. The first kappa shape index (κ1) is 21.0. The van der Waals surface area contributed by atoms with E-state index in [-0.39, 0.29) is 24.3 Å². The minimum atomic E-state index is -0.564. The highest BCUT2D eigenvalue weighted by Crippen LogP contribution is 2.15. The lowest BCUT2D eigenvalue weighted by molar-refractivity contribution is -0.140. The van der Waals surface area contributed by atoms with Gasteiger partial charge in [0.05, 0.1) is 6.42 Å². The van der Waals surface area contributed by atoms with Crippen molar-refractivity contribution >= 4 is 23.4 Å². The molecule has 0 saturated heterocycles. The third-order valence-electron chi connectivity index (χ3n) is 4.61. The van der Waals surface area contributed by atoms with Crippen LogP contribution in [0.25, 0.3) is 0 Å². The summed E-state index contributed by atoms with van der Waals surface area (Å²) in [4.78, 5) is 27.3. The number of hydrogen-bond donors (Lipinski definition) is 1. The van der Waals surface area contributed by atoms with E-state index in [1.807, 2.05) is 56.3 Å². The monoisotopic (exact) mass is 386 g/mol.